The van der Waals surface area contributed by atoms with Crippen molar-refractivity contribution in [3.05, 3.63) is 77.1 Å². The molecule has 0 fully saturated rings. The molecule has 204 valence electrons. The third-order valence-corrected chi connectivity index (χ3v) is 6.71. The molecule has 0 saturated heterocycles. The lowest BCUT2D eigenvalue weighted by molar-refractivity contribution is 0.0511. The van der Waals surface area contributed by atoms with Crippen molar-refractivity contribution in [3.8, 4) is 17.2 Å². The van der Waals surface area contributed by atoms with Crippen LogP contribution in [0.15, 0.2) is 54.6 Å². The molecule has 1 amide bonds. The van der Waals surface area contributed by atoms with Crippen LogP contribution in [0.1, 0.15) is 45.4 Å². The van der Waals surface area contributed by atoms with Gasteiger partial charge in [-0.1, -0.05) is 30.3 Å². The molecule has 0 aliphatic heterocycles. The lowest BCUT2D eigenvalue weighted by atomic mass is 10.2. The van der Waals surface area contributed by atoms with Gasteiger partial charge in [-0.3, -0.25) is 9.36 Å². The molecular weight excluding hydrogens is 508 g/mol. The van der Waals surface area contributed by atoms with Gasteiger partial charge in [-0.2, -0.15) is 0 Å². The van der Waals surface area contributed by atoms with Gasteiger partial charge in [-0.15, -0.1) is 0 Å². The van der Waals surface area contributed by atoms with Gasteiger partial charge in [0.2, 0.25) is 0 Å². The van der Waals surface area contributed by atoms with Gasteiger partial charge in [0.1, 0.15) is 27.9 Å². The van der Waals surface area contributed by atoms with Crippen molar-refractivity contribution >= 4 is 21.7 Å². The Morgan fingerprint density at radius 2 is 1.61 bits per heavy atom. The number of ether oxygens (including phenoxy) is 3. The largest absolute Gasteiger partial charge is 0.494 e. The molecule has 0 atom stereocenters. The zero-order valence-corrected chi connectivity index (χ0v) is 23.2. The van der Waals surface area contributed by atoms with E-state index in [1.807, 2.05) is 30.3 Å². The summed E-state index contributed by atoms with van der Waals surface area (Å²) >= 11 is 0. The number of carbonyl (C=O) groups is 2. The number of hydrogen-bond donors (Lipinski definition) is 0. The first-order chi connectivity index (χ1) is 18.0. The van der Waals surface area contributed by atoms with Crippen LogP contribution in [-0.2, 0) is 21.2 Å². The quantitative estimate of drug-likeness (QED) is 0.251. The fraction of sp³-hybridized carbons (Fsp3) is 0.357. The second-order valence-corrected chi connectivity index (χ2v) is 11.3. The van der Waals surface area contributed by atoms with Crippen LogP contribution in [0.4, 0.5) is 0 Å². The second-order valence-electron chi connectivity index (χ2n) is 9.01. The second kappa shape index (κ2) is 12.6. The maximum Gasteiger partial charge on any atom is 0.359 e. The molecule has 10 heteroatoms. The van der Waals surface area contributed by atoms with Crippen LogP contribution in [0.3, 0.4) is 0 Å². The monoisotopic (exact) mass is 542 g/mol. The summed E-state index contributed by atoms with van der Waals surface area (Å²) in [6.07, 6.45) is 1.56. The number of sulfone groups is 1. The number of nitrogens with zero attached hydrogens (tertiary/aromatic N) is 2. The van der Waals surface area contributed by atoms with Crippen molar-refractivity contribution in [2.45, 2.75) is 26.9 Å². The molecule has 0 saturated carbocycles. The lowest BCUT2D eigenvalue weighted by Crippen LogP contribution is -2.26. The Balaban J connectivity index is 2.04. The number of amides is 1. The lowest BCUT2D eigenvalue weighted by Gasteiger charge is -2.16. The summed E-state index contributed by atoms with van der Waals surface area (Å²) in [5.74, 6) is -0.0667. The first kappa shape index (κ1) is 28.8. The highest BCUT2D eigenvalue weighted by Gasteiger charge is 2.32. The van der Waals surface area contributed by atoms with Gasteiger partial charge in [-0.05, 0) is 50.1 Å². The Hall–Kier alpha value is -3.79. The molecule has 0 spiro atoms. The summed E-state index contributed by atoms with van der Waals surface area (Å²) in [6, 6.07) is 16.4. The SMILES string of the molecule is CCOC(=O)c1c(OCc2ccccc2)c(C)c(C(=O)N(C)C)n1-c1ccc(OCCCS(C)(=O)=O)cc1. The summed E-state index contributed by atoms with van der Waals surface area (Å²) in [5.41, 5.74) is 2.37. The van der Waals surface area contributed by atoms with E-state index in [2.05, 4.69) is 0 Å². The van der Waals surface area contributed by atoms with Gasteiger partial charge in [0.25, 0.3) is 5.91 Å². The molecule has 38 heavy (non-hydrogen) atoms. The number of benzene rings is 2. The standard InChI is InChI=1S/C28H34N2O7S/c1-6-35-28(32)25-26(37-19-21-11-8-7-9-12-21)20(2)24(27(31)29(3)4)30(25)22-13-15-23(16-14-22)36-17-10-18-38(5,33)34/h7-9,11-16H,6,10,17-19H2,1-5H3. The minimum absolute atomic E-state index is 0.0401. The van der Waals surface area contributed by atoms with Gasteiger partial charge in [0, 0.05) is 31.6 Å². The summed E-state index contributed by atoms with van der Waals surface area (Å²) in [5, 5.41) is 0. The van der Waals surface area contributed by atoms with E-state index in [4.69, 9.17) is 14.2 Å². The minimum Gasteiger partial charge on any atom is -0.494 e. The first-order valence-electron chi connectivity index (χ1n) is 12.2. The Morgan fingerprint density at radius 1 is 0.947 bits per heavy atom. The van der Waals surface area contributed by atoms with Crippen LogP contribution in [-0.4, -0.2) is 69.1 Å². The number of aromatic nitrogens is 1. The third-order valence-electron chi connectivity index (χ3n) is 5.68. The van der Waals surface area contributed by atoms with Crippen molar-refractivity contribution < 1.29 is 32.2 Å². The summed E-state index contributed by atoms with van der Waals surface area (Å²) < 4.78 is 41.4. The van der Waals surface area contributed by atoms with E-state index >= 15 is 0 Å². The Morgan fingerprint density at radius 3 is 2.18 bits per heavy atom. The molecule has 1 heterocycles. The molecule has 3 aromatic rings. The van der Waals surface area contributed by atoms with E-state index in [1.54, 1.807) is 56.8 Å². The van der Waals surface area contributed by atoms with E-state index in [0.717, 1.165) is 5.56 Å². The summed E-state index contributed by atoms with van der Waals surface area (Å²) in [6.45, 7) is 4.05. The molecule has 9 nitrogen and oxygen atoms in total. The van der Waals surface area contributed by atoms with E-state index < -0.39 is 15.8 Å². The molecule has 0 radical (unpaired) electrons. The van der Waals surface area contributed by atoms with Crippen LogP contribution in [0.25, 0.3) is 5.69 Å². The van der Waals surface area contributed by atoms with Crippen molar-refractivity contribution in [1.29, 1.82) is 0 Å². The van der Waals surface area contributed by atoms with Crippen molar-refractivity contribution in [1.82, 2.24) is 9.47 Å². The van der Waals surface area contributed by atoms with Gasteiger partial charge in [-0.25, -0.2) is 13.2 Å². The van der Waals surface area contributed by atoms with E-state index in [9.17, 15) is 18.0 Å². The van der Waals surface area contributed by atoms with Gasteiger partial charge < -0.3 is 19.1 Å². The van der Waals surface area contributed by atoms with Crippen LogP contribution < -0.4 is 9.47 Å². The zero-order chi connectivity index (χ0) is 27.9. The van der Waals surface area contributed by atoms with E-state index in [-0.39, 0.29) is 48.6 Å². The number of esters is 1. The molecule has 0 bridgehead atoms. The Bertz CT molecular complexity index is 1360. The molecule has 0 aliphatic rings. The topological polar surface area (TPSA) is 104 Å². The highest BCUT2D eigenvalue weighted by atomic mass is 32.2. The van der Waals surface area contributed by atoms with E-state index in [0.29, 0.717) is 23.4 Å². The Labute approximate surface area is 223 Å². The van der Waals surface area contributed by atoms with Gasteiger partial charge >= 0.3 is 5.97 Å². The van der Waals surface area contributed by atoms with Crippen LogP contribution in [0.5, 0.6) is 11.5 Å². The summed E-state index contributed by atoms with van der Waals surface area (Å²) in [7, 11) is 0.222. The van der Waals surface area contributed by atoms with Crippen molar-refractivity contribution in [3.63, 3.8) is 0 Å². The molecular formula is C28H34N2O7S. The number of hydrogen-bond acceptors (Lipinski definition) is 7. The van der Waals surface area contributed by atoms with Gasteiger partial charge in [0.15, 0.2) is 11.4 Å². The number of rotatable bonds is 12. The highest BCUT2D eigenvalue weighted by molar-refractivity contribution is 7.90. The molecule has 0 N–H and O–H groups in total. The fourth-order valence-corrected chi connectivity index (χ4v) is 4.53. The van der Waals surface area contributed by atoms with Crippen LogP contribution in [0.2, 0.25) is 0 Å². The maximum absolute atomic E-state index is 13.3. The fourth-order valence-electron chi connectivity index (χ4n) is 3.88. The molecule has 0 unspecified atom stereocenters. The normalized spacial score (nSPS) is 11.2. The van der Waals surface area contributed by atoms with Crippen molar-refractivity contribution in [2.75, 3.05) is 39.3 Å². The van der Waals surface area contributed by atoms with Crippen molar-refractivity contribution in [2.24, 2.45) is 0 Å². The molecule has 1 aromatic heterocycles. The van der Waals surface area contributed by atoms with E-state index in [1.165, 1.54) is 11.2 Å². The predicted molar refractivity (Wildman–Crippen MR) is 145 cm³/mol. The third kappa shape index (κ3) is 7.16. The minimum atomic E-state index is -3.06. The average Bonchev–Trinajstić information content (AvgIpc) is 3.17. The molecule has 2 aromatic carbocycles. The molecule has 3 rings (SSSR count). The zero-order valence-electron chi connectivity index (χ0n) is 22.4. The van der Waals surface area contributed by atoms with Gasteiger partial charge in [0.05, 0.1) is 19.0 Å². The average molecular weight is 543 g/mol. The van der Waals surface area contributed by atoms with Crippen LogP contribution in [0, 0.1) is 6.92 Å². The highest BCUT2D eigenvalue weighted by Crippen LogP contribution is 2.35. The Kier molecular flexibility index (Phi) is 9.57. The predicted octanol–water partition coefficient (Wildman–Crippen LogP) is 4.06. The first-order valence-corrected chi connectivity index (χ1v) is 14.3. The summed E-state index contributed by atoms with van der Waals surface area (Å²) in [4.78, 5) is 28.0. The molecule has 0 aliphatic carbocycles. The maximum atomic E-state index is 13.3. The van der Waals surface area contributed by atoms with Crippen LogP contribution >= 0.6 is 0 Å². The number of carbonyl (C=O) groups excluding carboxylic acids is 2. The smallest absolute Gasteiger partial charge is 0.359 e.